The van der Waals surface area contributed by atoms with Crippen molar-refractivity contribution in [3.8, 4) is 10.7 Å². The molecule has 82 valence electrons. The van der Waals surface area contributed by atoms with Crippen molar-refractivity contribution in [1.29, 1.82) is 0 Å². The molecule has 16 heavy (non-hydrogen) atoms. The second-order valence-corrected chi connectivity index (χ2v) is 4.72. The van der Waals surface area contributed by atoms with Crippen LogP contribution in [0, 0.1) is 13.8 Å². The standard InChI is InChI=1S/C11H10N2O2S/c1-6-5-8(11(14)15)13-10(12-6)9-4-3-7(2)16-9/h3-5H,1-2H3,(H,14,15). The van der Waals surface area contributed by atoms with Crippen molar-refractivity contribution in [2.45, 2.75) is 13.8 Å². The van der Waals surface area contributed by atoms with Gasteiger partial charge in [-0.05, 0) is 32.0 Å². The second-order valence-electron chi connectivity index (χ2n) is 3.43. The minimum atomic E-state index is -1.03. The Balaban J connectivity index is 2.53. The first kappa shape index (κ1) is 10.8. The Labute approximate surface area is 96.6 Å². The van der Waals surface area contributed by atoms with Crippen LogP contribution in [0.25, 0.3) is 10.7 Å². The number of rotatable bonds is 2. The molecule has 4 nitrogen and oxygen atoms in total. The lowest BCUT2D eigenvalue weighted by molar-refractivity contribution is 0.0690. The highest BCUT2D eigenvalue weighted by atomic mass is 32.1. The molecular formula is C11H10N2O2S. The lowest BCUT2D eigenvalue weighted by Crippen LogP contribution is -2.03. The molecule has 0 aliphatic carbocycles. The van der Waals surface area contributed by atoms with E-state index in [1.165, 1.54) is 6.07 Å². The zero-order valence-electron chi connectivity index (χ0n) is 8.89. The van der Waals surface area contributed by atoms with E-state index in [-0.39, 0.29) is 5.69 Å². The molecule has 0 aliphatic heterocycles. The first-order valence-corrected chi connectivity index (χ1v) is 5.53. The fraction of sp³-hybridized carbons (Fsp3) is 0.182. The Morgan fingerprint density at radius 3 is 2.62 bits per heavy atom. The Morgan fingerprint density at radius 2 is 2.06 bits per heavy atom. The largest absolute Gasteiger partial charge is 0.477 e. The average molecular weight is 234 g/mol. The number of nitrogens with zero attached hydrogens (tertiary/aromatic N) is 2. The summed E-state index contributed by atoms with van der Waals surface area (Å²) in [5, 5.41) is 8.90. The molecule has 0 saturated heterocycles. The van der Waals surface area contributed by atoms with E-state index in [0.29, 0.717) is 11.5 Å². The van der Waals surface area contributed by atoms with Gasteiger partial charge in [0, 0.05) is 10.6 Å². The molecule has 0 atom stereocenters. The van der Waals surface area contributed by atoms with E-state index in [9.17, 15) is 4.79 Å². The summed E-state index contributed by atoms with van der Waals surface area (Å²) >= 11 is 1.55. The Hall–Kier alpha value is -1.75. The highest BCUT2D eigenvalue weighted by Crippen LogP contribution is 2.24. The zero-order chi connectivity index (χ0) is 11.7. The van der Waals surface area contributed by atoms with Crippen LogP contribution in [-0.4, -0.2) is 21.0 Å². The summed E-state index contributed by atoms with van der Waals surface area (Å²) in [7, 11) is 0. The molecule has 0 bridgehead atoms. The minimum absolute atomic E-state index is 0.0357. The number of carbonyl (C=O) groups is 1. The predicted octanol–water partition coefficient (Wildman–Crippen LogP) is 2.52. The third kappa shape index (κ3) is 2.09. The predicted molar refractivity (Wildman–Crippen MR) is 61.8 cm³/mol. The van der Waals surface area contributed by atoms with Gasteiger partial charge in [-0.1, -0.05) is 0 Å². The molecular weight excluding hydrogens is 224 g/mol. The van der Waals surface area contributed by atoms with Crippen LogP contribution in [0.1, 0.15) is 21.1 Å². The van der Waals surface area contributed by atoms with Crippen LogP contribution in [0.5, 0.6) is 0 Å². The number of aromatic nitrogens is 2. The van der Waals surface area contributed by atoms with Gasteiger partial charge in [-0.2, -0.15) is 0 Å². The van der Waals surface area contributed by atoms with Crippen molar-refractivity contribution in [3.05, 3.63) is 34.5 Å². The SMILES string of the molecule is Cc1cc(C(=O)O)nc(-c2ccc(C)s2)n1. The molecule has 0 unspecified atom stereocenters. The van der Waals surface area contributed by atoms with E-state index in [4.69, 9.17) is 5.11 Å². The number of carboxylic acid groups (broad SMARTS) is 1. The van der Waals surface area contributed by atoms with Crippen molar-refractivity contribution >= 4 is 17.3 Å². The summed E-state index contributed by atoms with van der Waals surface area (Å²) in [5.41, 5.74) is 0.696. The van der Waals surface area contributed by atoms with Crippen LogP contribution in [0.15, 0.2) is 18.2 Å². The summed E-state index contributed by atoms with van der Waals surface area (Å²) in [6.45, 7) is 3.75. The van der Waals surface area contributed by atoms with Gasteiger partial charge in [0.2, 0.25) is 0 Å². The van der Waals surface area contributed by atoms with Gasteiger partial charge in [0.05, 0.1) is 4.88 Å². The van der Waals surface area contributed by atoms with E-state index in [2.05, 4.69) is 9.97 Å². The van der Waals surface area contributed by atoms with Crippen molar-refractivity contribution < 1.29 is 9.90 Å². The van der Waals surface area contributed by atoms with Gasteiger partial charge in [-0.3, -0.25) is 0 Å². The van der Waals surface area contributed by atoms with E-state index < -0.39 is 5.97 Å². The van der Waals surface area contributed by atoms with Crippen LogP contribution in [-0.2, 0) is 0 Å². The van der Waals surface area contributed by atoms with Gasteiger partial charge in [0.25, 0.3) is 0 Å². The van der Waals surface area contributed by atoms with Gasteiger partial charge in [0.15, 0.2) is 11.5 Å². The highest BCUT2D eigenvalue weighted by molar-refractivity contribution is 7.15. The summed E-state index contributed by atoms with van der Waals surface area (Å²) in [6, 6.07) is 5.33. The van der Waals surface area contributed by atoms with Crippen molar-refractivity contribution in [3.63, 3.8) is 0 Å². The number of hydrogen-bond acceptors (Lipinski definition) is 4. The van der Waals surface area contributed by atoms with Gasteiger partial charge < -0.3 is 5.11 Å². The summed E-state index contributed by atoms with van der Waals surface area (Å²) in [5.74, 6) is -0.546. The molecule has 0 fully saturated rings. The van der Waals surface area contributed by atoms with E-state index in [1.807, 2.05) is 19.1 Å². The monoisotopic (exact) mass is 234 g/mol. The first-order chi connectivity index (χ1) is 7.56. The molecule has 2 heterocycles. The maximum absolute atomic E-state index is 10.9. The number of carboxylic acids is 1. The van der Waals surface area contributed by atoms with Crippen LogP contribution in [0.2, 0.25) is 0 Å². The van der Waals surface area contributed by atoms with Gasteiger partial charge >= 0.3 is 5.97 Å². The third-order valence-electron chi connectivity index (χ3n) is 2.03. The molecule has 0 aromatic carbocycles. The quantitative estimate of drug-likeness (QED) is 0.867. The molecule has 0 amide bonds. The molecule has 0 aliphatic rings. The van der Waals surface area contributed by atoms with Crippen LogP contribution >= 0.6 is 11.3 Å². The van der Waals surface area contributed by atoms with Crippen LogP contribution in [0.3, 0.4) is 0 Å². The second kappa shape index (κ2) is 4.02. The smallest absolute Gasteiger partial charge is 0.354 e. The Morgan fingerprint density at radius 1 is 1.31 bits per heavy atom. The Kier molecular flexibility index (Phi) is 2.70. The molecule has 1 N–H and O–H groups in total. The lowest BCUT2D eigenvalue weighted by Gasteiger charge is -2.00. The topological polar surface area (TPSA) is 63.1 Å². The normalized spacial score (nSPS) is 10.4. The van der Waals surface area contributed by atoms with Gasteiger partial charge in [-0.15, -0.1) is 11.3 Å². The fourth-order valence-electron chi connectivity index (χ4n) is 1.34. The third-order valence-corrected chi connectivity index (χ3v) is 3.03. The van der Waals surface area contributed by atoms with E-state index >= 15 is 0 Å². The fourth-order valence-corrected chi connectivity index (χ4v) is 2.14. The summed E-state index contributed by atoms with van der Waals surface area (Å²) in [4.78, 5) is 21.1. The molecule has 2 rings (SSSR count). The van der Waals surface area contributed by atoms with Gasteiger partial charge in [-0.25, -0.2) is 14.8 Å². The number of aryl methyl sites for hydroxylation is 2. The number of aromatic carboxylic acids is 1. The molecule has 0 saturated carbocycles. The number of hydrogen-bond donors (Lipinski definition) is 1. The van der Waals surface area contributed by atoms with E-state index in [0.717, 1.165) is 9.75 Å². The number of thiophene rings is 1. The maximum Gasteiger partial charge on any atom is 0.354 e. The zero-order valence-corrected chi connectivity index (χ0v) is 9.71. The molecule has 0 radical (unpaired) electrons. The van der Waals surface area contributed by atoms with Crippen LogP contribution in [0.4, 0.5) is 0 Å². The van der Waals surface area contributed by atoms with Crippen molar-refractivity contribution in [1.82, 2.24) is 9.97 Å². The molecule has 5 heteroatoms. The summed E-state index contributed by atoms with van der Waals surface area (Å²) < 4.78 is 0. The van der Waals surface area contributed by atoms with Crippen molar-refractivity contribution in [2.75, 3.05) is 0 Å². The minimum Gasteiger partial charge on any atom is -0.477 e. The first-order valence-electron chi connectivity index (χ1n) is 4.72. The van der Waals surface area contributed by atoms with Crippen molar-refractivity contribution in [2.24, 2.45) is 0 Å². The Bertz CT molecular complexity index is 549. The lowest BCUT2D eigenvalue weighted by atomic mass is 10.3. The highest BCUT2D eigenvalue weighted by Gasteiger charge is 2.11. The molecule has 2 aromatic heterocycles. The van der Waals surface area contributed by atoms with Gasteiger partial charge in [0.1, 0.15) is 0 Å². The molecule has 0 spiro atoms. The maximum atomic E-state index is 10.9. The summed E-state index contributed by atoms with van der Waals surface area (Å²) in [6.07, 6.45) is 0. The van der Waals surface area contributed by atoms with Crippen LogP contribution < -0.4 is 0 Å². The van der Waals surface area contributed by atoms with E-state index in [1.54, 1.807) is 18.3 Å². The molecule has 2 aromatic rings. The average Bonchev–Trinajstić information content (AvgIpc) is 2.64.